The number of rotatable bonds is 6. The third-order valence-electron chi connectivity index (χ3n) is 4.40. The van der Waals surface area contributed by atoms with Gasteiger partial charge in [0.25, 0.3) is 5.91 Å². The van der Waals surface area contributed by atoms with Crippen molar-refractivity contribution in [3.63, 3.8) is 0 Å². The normalized spacial score (nSPS) is 18.0. The molecular formula is C20H23BrN2O3. The molecule has 1 aromatic heterocycles. The molecule has 0 radical (unpaired) electrons. The van der Waals surface area contributed by atoms with Gasteiger partial charge in [0.15, 0.2) is 6.10 Å². The number of carbonyl (C=O) groups excluding carboxylic acids is 1. The van der Waals surface area contributed by atoms with Gasteiger partial charge in [0.2, 0.25) is 0 Å². The maximum Gasteiger partial charge on any atom is 0.263 e. The highest BCUT2D eigenvalue weighted by Gasteiger charge is 2.30. The molecule has 3 rings (SSSR count). The summed E-state index contributed by atoms with van der Waals surface area (Å²) in [7, 11) is 0. The molecule has 0 aliphatic carbocycles. The number of carbonyl (C=O) groups is 1. The molecule has 2 heterocycles. The van der Waals surface area contributed by atoms with Crippen LogP contribution in [0.4, 0.5) is 0 Å². The minimum atomic E-state index is -0.536. The van der Waals surface area contributed by atoms with Gasteiger partial charge in [-0.25, -0.2) is 0 Å². The Hall–Kier alpha value is -1.92. The Morgan fingerprint density at radius 1 is 1.42 bits per heavy atom. The van der Waals surface area contributed by atoms with Crippen LogP contribution in [0.25, 0.3) is 0 Å². The molecule has 1 amide bonds. The summed E-state index contributed by atoms with van der Waals surface area (Å²) in [5.41, 5.74) is 2.18. The van der Waals surface area contributed by atoms with E-state index < -0.39 is 6.10 Å². The monoisotopic (exact) mass is 418 g/mol. The van der Waals surface area contributed by atoms with Crippen LogP contribution in [0.3, 0.4) is 0 Å². The lowest BCUT2D eigenvalue weighted by atomic mass is 10.2. The van der Waals surface area contributed by atoms with Crippen molar-refractivity contribution in [1.29, 1.82) is 0 Å². The minimum absolute atomic E-state index is 0.00930. The molecular weight excluding hydrogens is 396 g/mol. The quantitative estimate of drug-likeness (QED) is 0.716. The summed E-state index contributed by atoms with van der Waals surface area (Å²) in [4.78, 5) is 18.6. The Balaban J connectivity index is 1.50. The first-order valence-electron chi connectivity index (χ1n) is 8.75. The molecule has 0 bridgehead atoms. The number of pyridine rings is 1. The van der Waals surface area contributed by atoms with E-state index in [-0.39, 0.29) is 12.0 Å². The van der Waals surface area contributed by atoms with Crippen molar-refractivity contribution in [2.24, 2.45) is 0 Å². The molecule has 1 aliphatic rings. The molecule has 1 saturated heterocycles. The highest BCUT2D eigenvalue weighted by molar-refractivity contribution is 9.10. The average molecular weight is 419 g/mol. The van der Waals surface area contributed by atoms with Crippen LogP contribution in [0, 0.1) is 6.92 Å². The third kappa shape index (κ3) is 4.83. The van der Waals surface area contributed by atoms with Gasteiger partial charge in [-0.1, -0.05) is 12.1 Å². The molecule has 138 valence electrons. The Labute approximate surface area is 162 Å². The van der Waals surface area contributed by atoms with E-state index in [4.69, 9.17) is 9.47 Å². The first kappa shape index (κ1) is 18.9. The number of halogens is 1. The third-order valence-corrected chi connectivity index (χ3v) is 5.02. The molecule has 2 atom stereocenters. The van der Waals surface area contributed by atoms with Gasteiger partial charge in [-0.15, -0.1) is 0 Å². The van der Waals surface area contributed by atoms with E-state index in [9.17, 15) is 4.79 Å². The minimum Gasteiger partial charge on any atom is -0.480 e. The van der Waals surface area contributed by atoms with Crippen molar-refractivity contribution in [1.82, 2.24) is 9.88 Å². The molecule has 26 heavy (non-hydrogen) atoms. The molecule has 1 fully saturated rings. The fourth-order valence-electron chi connectivity index (χ4n) is 2.96. The second kappa shape index (κ2) is 8.64. The summed E-state index contributed by atoms with van der Waals surface area (Å²) in [6, 6.07) is 9.71. The van der Waals surface area contributed by atoms with Gasteiger partial charge < -0.3 is 14.4 Å². The predicted octanol–water partition coefficient (Wildman–Crippen LogP) is 3.74. The Bertz CT molecular complexity index is 754. The van der Waals surface area contributed by atoms with Gasteiger partial charge in [0.05, 0.1) is 17.2 Å². The van der Waals surface area contributed by atoms with Crippen LogP contribution in [0.1, 0.15) is 24.5 Å². The number of ether oxygens (including phenoxy) is 2. The van der Waals surface area contributed by atoms with Gasteiger partial charge in [0.1, 0.15) is 5.75 Å². The Morgan fingerprint density at radius 3 is 3.00 bits per heavy atom. The lowest BCUT2D eigenvalue weighted by Crippen LogP contribution is -2.39. The van der Waals surface area contributed by atoms with Crippen molar-refractivity contribution in [3.05, 3.63) is 58.3 Å². The van der Waals surface area contributed by atoms with Crippen LogP contribution in [-0.2, 0) is 16.1 Å². The molecule has 2 aromatic rings. The van der Waals surface area contributed by atoms with Crippen LogP contribution >= 0.6 is 15.9 Å². The fraction of sp³-hybridized carbons (Fsp3) is 0.400. The lowest BCUT2D eigenvalue weighted by molar-refractivity contribution is -0.137. The second-order valence-corrected chi connectivity index (χ2v) is 7.42. The van der Waals surface area contributed by atoms with Gasteiger partial charge in [-0.2, -0.15) is 0 Å². The molecule has 1 aromatic carbocycles. The van der Waals surface area contributed by atoms with Gasteiger partial charge in [-0.05, 0) is 65.5 Å². The first-order chi connectivity index (χ1) is 12.5. The second-order valence-electron chi connectivity index (χ2n) is 6.56. The van der Waals surface area contributed by atoms with Crippen LogP contribution < -0.4 is 4.74 Å². The van der Waals surface area contributed by atoms with Crippen molar-refractivity contribution in [2.45, 2.75) is 39.1 Å². The lowest BCUT2D eigenvalue weighted by Gasteiger charge is -2.22. The topological polar surface area (TPSA) is 51.7 Å². The first-order valence-corrected chi connectivity index (χ1v) is 9.54. The molecule has 0 saturated carbocycles. The van der Waals surface area contributed by atoms with Crippen molar-refractivity contribution < 1.29 is 14.3 Å². The summed E-state index contributed by atoms with van der Waals surface area (Å²) >= 11 is 3.49. The van der Waals surface area contributed by atoms with E-state index in [2.05, 4.69) is 20.9 Å². The van der Waals surface area contributed by atoms with Gasteiger partial charge >= 0.3 is 0 Å². The summed E-state index contributed by atoms with van der Waals surface area (Å²) in [6.07, 6.45) is 3.90. The number of benzene rings is 1. The number of amides is 1. The van der Waals surface area contributed by atoms with E-state index in [1.54, 1.807) is 19.3 Å². The van der Waals surface area contributed by atoms with Gasteiger partial charge in [-0.3, -0.25) is 9.78 Å². The summed E-state index contributed by atoms with van der Waals surface area (Å²) in [5, 5.41) is 0. The van der Waals surface area contributed by atoms with E-state index in [1.807, 2.05) is 42.2 Å². The predicted molar refractivity (Wildman–Crippen MR) is 103 cm³/mol. The van der Waals surface area contributed by atoms with E-state index in [0.717, 1.165) is 22.0 Å². The zero-order chi connectivity index (χ0) is 18.5. The zero-order valence-corrected chi connectivity index (χ0v) is 16.6. The van der Waals surface area contributed by atoms with Crippen molar-refractivity contribution >= 4 is 21.8 Å². The maximum atomic E-state index is 12.7. The molecule has 5 nitrogen and oxygen atoms in total. The SMILES string of the molecule is Cc1ccc(O[C@H](C)C(=O)N2CC[C@@H](OCc3cccnc3)C2)c(Br)c1. The van der Waals surface area contributed by atoms with Crippen LogP contribution in [-0.4, -0.2) is 41.1 Å². The average Bonchev–Trinajstić information content (AvgIpc) is 3.11. The van der Waals surface area contributed by atoms with E-state index >= 15 is 0 Å². The highest BCUT2D eigenvalue weighted by Crippen LogP contribution is 2.27. The number of nitrogens with zero attached hydrogens (tertiary/aromatic N) is 2. The number of aromatic nitrogens is 1. The molecule has 0 spiro atoms. The number of likely N-dealkylation sites (tertiary alicyclic amines) is 1. The summed E-state index contributed by atoms with van der Waals surface area (Å²) < 4.78 is 12.6. The maximum absolute atomic E-state index is 12.7. The van der Waals surface area contributed by atoms with Gasteiger partial charge in [0, 0.05) is 25.5 Å². The molecule has 1 aliphatic heterocycles. The highest BCUT2D eigenvalue weighted by atomic mass is 79.9. The number of hydrogen-bond acceptors (Lipinski definition) is 4. The summed E-state index contributed by atoms with van der Waals surface area (Å²) in [5.74, 6) is 0.671. The Morgan fingerprint density at radius 2 is 2.27 bits per heavy atom. The Kier molecular flexibility index (Phi) is 6.27. The summed E-state index contributed by atoms with van der Waals surface area (Å²) in [6.45, 7) is 5.61. The van der Waals surface area contributed by atoms with Crippen molar-refractivity contribution in [3.8, 4) is 5.75 Å². The molecule has 0 unspecified atom stereocenters. The van der Waals surface area contributed by atoms with Crippen LogP contribution in [0.5, 0.6) is 5.75 Å². The molecule has 0 N–H and O–H groups in total. The number of hydrogen-bond donors (Lipinski definition) is 0. The van der Waals surface area contributed by atoms with Crippen LogP contribution in [0.2, 0.25) is 0 Å². The van der Waals surface area contributed by atoms with E-state index in [1.165, 1.54) is 0 Å². The van der Waals surface area contributed by atoms with Crippen molar-refractivity contribution in [2.75, 3.05) is 13.1 Å². The standard InChI is InChI=1S/C20H23BrN2O3/c1-14-5-6-19(18(21)10-14)26-15(2)20(24)23-9-7-17(12-23)25-13-16-4-3-8-22-11-16/h3-6,8,10-11,15,17H,7,9,12-13H2,1-2H3/t15-,17-/m1/s1. The fourth-order valence-corrected chi connectivity index (χ4v) is 3.55. The zero-order valence-electron chi connectivity index (χ0n) is 15.0. The molecule has 6 heteroatoms. The largest absolute Gasteiger partial charge is 0.480 e. The van der Waals surface area contributed by atoms with Crippen LogP contribution in [0.15, 0.2) is 47.2 Å². The van der Waals surface area contributed by atoms with E-state index in [0.29, 0.717) is 25.4 Å². The smallest absolute Gasteiger partial charge is 0.263 e. The number of aryl methyl sites for hydroxylation is 1.